The first-order chi connectivity index (χ1) is 9.88. The van der Waals surface area contributed by atoms with Crippen LogP contribution in [-0.4, -0.2) is 27.8 Å². The molecule has 1 aromatic heterocycles. The Bertz CT molecular complexity index is 600. The van der Waals surface area contributed by atoms with E-state index in [-0.39, 0.29) is 11.3 Å². The first kappa shape index (κ1) is 15.2. The van der Waals surface area contributed by atoms with E-state index in [1.54, 1.807) is 18.1 Å². The second-order valence-electron chi connectivity index (χ2n) is 6.20. The molecule has 0 aliphatic rings. The Morgan fingerprint density at radius 3 is 2.33 bits per heavy atom. The molecular weight excluding hydrogens is 262 g/mol. The fraction of sp³-hybridized carbons (Fsp3) is 0.353. The molecule has 0 aliphatic carbocycles. The van der Waals surface area contributed by atoms with Gasteiger partial charge in [-0.15, -0.1) is 0 Å². The van der Waals surface area contributed by atoms with Gasteiger partial charge < -0.3 is 4.90 Å². The number of hydrogen-bond donors (Lipinski definition) is 0. The SMILES string of the molecule is CN(Cc1ccc(C(C)(C)C)cc1)C(=O)c1cnccn1. The van der Waals surface area contributed by atoms with E-state index in [1.807, 2.05) is 0 Å². The van der Waals surface area contributed by atoms with E-state index in [0.29, 0.717) is 12.2 Å². The van der Waals surface area contributed by atoms with Crippen LogP contribution in [0.25, 0.3) is 0 Å². The molecule has 2 rings (SSSR count). The molecule has 4 heteroatoms. The summed E-state index contributed by atoms with van der Waals surface area (Å²) in [4.78, 5) is 21.8. The third kappa shape index (κ3) is 3.88. The van der Waals surface area contributed by atoms with E-state index in [9.17, 15) is 4.79 Å². The third-order valence-corrected chi connectivity index (χ3v) is 3.37. The Labute approximate surface area is 125 Å². The van der Waals surface area contributed by atoms with Gasteiger partial charge in [-0.1, -0.05) is 45.0 Å². The van der Waals surface area contributed by atoms with E-state index < -0.39 is 0 Å². The van der Waals surface area contributed by atoms with Crippen molar-refractivity contribution in [2.24, 2.45) is 0 Å². The van der Waals surface area contributed by atoms with Crippen LogP contribution in [-0.2, 0) is 12.0 Å². The number of carbonyl (C=O) groups excluding carboxylic acids is 1. The first-order valence-corrected chi connectivity index (χ1v) is 6.99. The van der Waals surface area contributed by atoms with Gasteiger partial charge in [-0.25, -0.2) is 4.98 Å². The van der Waals surface area contributed by atoms with E-state index in [1.165, 1.54) is 18.0 Å². The van der Waals surface area contributed by atoms with Gasteiger partial charge in [0.2, 0.25) is 0 Å². The van der Waals surface area contributed by atoms with E-state index in [0.717, 1.165) is 5.56 Å². The van der Waals surface area contributed by atoms with Gasteiger partial charge in [0.25, 0.3) is 5.91 Å². The number of aromatic nitrogens is 2. The van der Waals surface area contributed by atoms with Crippen LogP contribution in [0, 0.1) is 0 Å². The lowest BCUT2D eigenvalue weighted by Crippen LogP contribution is -2.27. The second-order valence-corrected chi connectivity index (χ2v) is 6.20. The molecule has 4 nitrogen and oxygen atoms in total. The summed E-state index contributed by atoms with van der Waals surface area (Å²) in [7, 11) is 1.77. The maximum Gasteiger partial charge on any atom is 0.274 e. The zero-order valence-corrected chi connectivity index (χ0v) is 13.0. The average molecular weight is 283 g/mol. The highest BCUT2D eigenvalue weighted by Gasteiger charge is 2.15. The Kier molecular flexibility index (Phi) is 4.36. The van der Waals surface area contributed by atoms with Gasteiger partial charge >= 0.3 is 0 Å². The van der Waals surface area contributed by atoms with Gasteiger partial charge in [-0.05, 0) is 16.5 Å². The van der Waals surface area contributed by atoms with Crippen LogP contribution in [0.3, 0.4) is 0 Å². The van der Waals surface area contributed by atoms with Crippen molar-refractivity contribution in [3.8, 4) is 0 Å². The van der Waals surface area contributed by atoms with Crippen LogP contribution in [0.2, 0.25) is 0 Å². The van der Waals surface area contributed by atoms with Crippen molar-refractivity contribution in [3.63, 3.8) is 0 Å². The summed E-state index contributed by atoms with van der Waals surface area (Å²) in [5, 5.41) is 0. The number of hydrogen-bond acceptors (Lipinski definition) is 3. The standard InChI is InChI=1S/C17H21N3O/c1-17(2,3)14-7-5-13(6-8-14)12-20(4)16(21)15-11-18-9-10-19-15/h5-11H,12H2,1-4H3. The predicted octanol–water partition coefficient (Wildman–Crippen LogP) is 3.05. The van der Waals surface area contributed by atoms with Crippen molar-refractivity contribution in [3.05, 3.63) is 59.7 Å². The monoisotopic (exact) mass is 283 g/mol. The number of nitrogens with zero attached hydrogens (tertiary/aromatic N) is 3. The van der Waals surface area contributed by atoms with Crippen LogP contribution in [0.4, 0.5) is 0 Å². The molecule has 0 N–H and O–H groups in total. The van der Waals surface area contributed by atoms with Gasteiger partial charge in [0.15, 0.2) is 0 Å². The zero-order valence-electron chi connectivity index (χ0n) is 13.0. The molecule has 0 saturated carbocycles. The number of rotatable bonds is 3. The highest BCUT2D eigenvalue weighted by molar-refractivity contribution is 5.91. The van der Waals surface area contributed by atoms with Crippen molar-refractivity contribution in [2.45, 2.75) is 32.7 Å². The van der Waals surface area contributed by atoms with E-state index >= 15 is 0 Å². The summed E-state index contributed by atoms with van der Waals surface area (Å²) in [6.07, 6.45) is 4.57. The molecule has 0 unspecified atom stereocenters. The van der Waals surface area contributed by atoms with Gasteiger partial charge in [-0.3, -0.25) is 9.78 Å². The highest BCUT2D eigenvalue weighted by atomic mass is 16.2. The minimum absolute atomic E-state index is 0.122. The van der Waals surface area contributed by atoms with Crippen molar-refractivity contribution >= 4 is 5.91 Å². The molecule has 21 heavy (non-hydrogen) atoms. The topological polar surface area (TPSA) is 46.1 Å². The lowest BCUT2D eigenvalue weighted by atomic mass is 9.87. The molecule has 0 spiro atoms. The Balaban J connectivity index is 2.06. The average Bonchev–Trinajstić information content (AvgIpc) is 2.47. The Morgan fingerprint density at radius 1 is 1.14 bits per heavy atom. The molecule has 0 bridgehead atoms. The minimum atomic E-state index is -0.122. The molecule has 0 saturated heterocycles. The molecule has 0 aliphatic heterocycles. The highest BCUT2D eigenvalue weighted by Crippen LogP contribution is 2.22. The van der Waals surface area contributed by atoms with Crippen LogP contribution in [0.15, 0.2) is 42.9 Å². The number of carbonyl (C=O) groups is 1. The summed E-state index contributed by atoms with van der Waals surface area (Å²) in [5.74, 6) is -0.122. The molecule has 1 amide bonds. The largest absolute Gasteiger partial charge is 0.336 e. The Morgan fingerprint density at radius 2 is 1.81 bits per heavy atom. The molecule has 110 valence electrons. The van der Waals surface area contributed by atoms with Gasteiger partial charge in [0, 0.05) is 26.0 Å². The summed E-state index contributed by atoms with van der Waals surface area (Å²) in [5.41, 5.74) is 2.89. The molecule has 0 fully saturated rings. The van der Waals surface area contributed by atoms with Crippen LogP contribution >= 0.6 is 0 Å². The summed E-state index contributed by atoms with van der Waals surface area (Å²) >= 11 is 0. The van der Waals surface area contributed by atoms with Crippen molar-refractivity contribution in [1.82, 2.24) is 14.9 Å². The molecule has 1 aromatic carbocycles. The molecule has 0 radical (unpaired) electrons. The fourth-order valence-corrected chi connectivity index (χ4v) is 2.06. The van der Waals surface area contributed by atoms with Gasteiger partial charge in [0.05, 0.1) is 6.20 Å². The fourth-order valence-electron chi connectivity index (χ4n) is 2.06. The van der Waals surface area contributed by atoms with Crippen molar-refractivity contribution in [1.29, 1.82) is 0 Å². The normalized spacial score (nSPS) is 11.2. The summed E-state index contributed by atoms with van der Waals surface area (Å²) in [6.45, 7) is 7.11. The van der Waals surface area contributed by atoms with Crippen LogP contribution in [0.5, 0.6) is 0 Å². The van der Waals surface area contributed by atoms with Gasteiger partial charge in [-0.2, -0.15) is 0 Å². The Hall–Kier alpha value is -2.23. The number of amides is 1. The molecular formula is C17H21N3O. The van der Waals surface area contributed by atoms with E-state index in [2.05, 4.69) is 55.0 Å². The van der Waals surface area contributed by atoms with Gasteiger partial charge in [0.1, 0.15) is 5.69 Å². The first-order valence-electron chi connectivity index (χ1n) is 6.99. The summed E-state index contributed by atoms with van der Waals surface area (Å²) < 4.78 is 0. The number of benzene rings is 1. The van der Waals surface area contributed by atoms with Crippen molar-refractivity contribution in [2.75, 3.05) is 7.05 Å². The maximum absolute atomic E-state index is 12.2. The summed E-state index contributed by atoms with van der Waals surface area (Å²) in [6, 6.07) is 8.38. The lowest BCUT2D eigenvalue weighted by molar-refractivity contribution is 0.0779. The molecule has 1 heterocycles. The second kappa shape index (κ2) is 6.04. The van der Waals surface area contributed by atoms with Crippen molar-refractivity contribution < 1.29 is 4.79 Å². The predicted molar refractivity (Wildman–Crippen MR) is 83.0 cm³/mol. The van der Waals surface area contributed by atoms with Crippen LogP contribution < -0.4 is 0 Å². The molecule has 2 aromatic rings. The maximum atomic E-state index is 12.2. The molecule has 0 atom stereocenters. The van der Waals surface area contributed by atoms with Crippen LogP contribution in [0.1, 0.15) is 42.4 Å². The minimum Gasteiger partial charge on any atom is -0.336 e. The third-order valence-electron chi connectivity index (χ3n) is 3.37. The zero-order chi connectivity index (χ0) is 15.5. The van der Waals surface area contributed by atoms with E-state index in [4.69, 9.17) is 0 Å². The lowest BCUT2D eigenvalue weighted by Gasteiger charge is -2.20. The smallest absolute Gasteiger partial charge is 0.274 e. The quantitative estimate of drug-likeness (QED) is 0.869.